The summed E-state index contributed by atoms with van der Waals surface area (Å²) in [6.45, 7) is 0. The van der Waals surface area contributed by atoms with E-state index in [2.05, 4.69) is 0 Å². The van der Waals surface area contributed by atoms with Crippen molar-refractivity contribution in [3.63, 3.8) is 0 Å². The molecule has 0 saturated heterocycles. The van der Waals surface area contributed by atoms with E-state index in [1.807, 2.05) is 6.07 Å². The average Bonchev–Trinajstić information content (AvgIpc) is 2.19. The lowest BCUT2D eigenvalue weighted by Crippen LogP contribution is -2.18. The Hall–Kier alpha value is -1.40. The summed E-state index contributed by atoms with van der Waals surface area (Å²) < 4.78 is 13.3. The number of nitrogens with two attached hydrogens (primary N) is 1. The molecule has 2 N–H and O–H groups in total. The van der Waals surface area contributed by atoms with E-state index in [9.17, 15) is 4.39 Å². The number of nitriles is 1. The van der Waals surface area contributed by atoms with E-state index >= 15 is 0 Å². The zero-order valence-electron chi connectivity index (χ0n) is 7.76. The van der Waals surface area contributed by atoms with Crippen LogP contribution in [0.5, 0.6) is 0 Å². The highest BCUT2D eigenvalue weighted by molar-refractivity contribution is 5.41. The third-order valence-electron chi connectivity index (χ3n) is 2.71. The van der Waals surface area contributed by atoms with Gasteiger partial charge in [0.1, 0.15) is 11.9 Å². The van der Waals surface area contributed by atoms with Crippen molar-refractivity contribution < 1.29 is 4.39 Å². The minimum Gasteiger partial charge on any atom is -0.324 e. The second-order valence-electron chi connectivity index (χ2n) is 3.64. The van der Waals surface area contributed by atoms with Crippen molar-refractivity contribution in [3.05, 3.63) is 34.6 Å². The topological polar surface area (TPSA) is 49.8 Å². The van der Waals surface area contributed by atoms with Gasteiger partial charge in [-0.15, -0.1) is 0 Å². The zero-order chi connectivity index (χ0) is 10.1. The molecule has 0 bridgehead atoms. The Kier molecular flexibility index (Phi) is 2.22. The van der Waals surface area contributed by atoms with Gasteiger partial charge in [-0.2, -0.15) is 5.26 Å². The molecule has 1 aliphatic carbocycles. The maximum absolute atomic E-state index is 13.3. The Labute approximate surface area is 82.1 Å². The van der Waals surface area contributed by atoms with E-state index in [1.165, 1.54) is 6.07 Å². The van der Waals surface area contributed by atoms with Gasteiger partial charge >= 0.3 is 0 Å². The predicted molar refractivity (Wildman–Crippen MR) is 51.0 cm³/mol. The van der Waals surface area contributed by atoms with Gasteiger partial charge in [-0.25, -0.2) is 4.39 Å². The van der Waals surface area contributed by atoms with Gasteiger partial charge in [-0.3, -0.25) is 0 Å². The Morgan fingerprint density at radius 3 is 3.00 bits per heavy atom. The van der Waals surface area contributed by atoms with Crippen LogP contribution < -0.4 is 5.73 Å². The Balaban J connectivity index is 2.55. The van der Waals surface area contributed by atoms with Crippen LogP contribution in [0.15, 0.2) is 12.1 Å². The van der Waals surface area contributed by atoms with E-state index in [-0.39, 0.29) is 11.6 Å². The number of benzene rings is 1. The van der Waals surface area contributed by atoms with Gasteiger partial charge in [0.15, 0.2) is 0 Å². The van der Waals surface area contributed by atoms with E-state index in [1.54, 1.807) is 6.07 Å². The van der Waals surface area contributed by atoms with Gasteiger partial charge in [-0.05, 0) is 42.5 Å². The minimum absolute atomic E-state index is 0.0685. The standard InChI is InChI=1S/C11H11FN2/c12-10-5-9-7(4-8(10)6-13)2-1-3-11(9)14/h4-5,11H,1-3,14H2/t11-/m1/s1. The molecule has 2 rings (SSSR count). The van der Waals surface area contributed by atoms with Crippen LogP contribution in [0, 0.1) is 17.1 Å². The first-order valence-corrected chi connectivity index (χ1v) is 4.70. The first-order valence-electron chi connectivity index (χ1n) is 4.70. The van der Waals surface area contributed by atoms with Crippen LogP contribution in [0.3, 0.4) is 0 Å². The molecule has 3 heteroatoms. The highest BCUT2D eigenvalue weighted by atomic mass is 19.1. The monoisotopic (exact) mass is 190 g/mol. The molecule has 1 aliphatic rings. The molecule has 0 saturated carbocycles. The molecule has 14 heavy (non-hydrogen) atoms. The summed E-state index contributed by atoms with van der Waals surface area (Å²) in [7, 11) is 0. The van der Waals surface area contributed by atoms with Crippen molar-refractivity contribution in [1.29, 1.82) is 5.26 Å². The normalized spacial score (nSPS) is 19.9. The first-order chi connectivity index (χ1) is 6.72. The number of hydrogen-bond donors (Lipinski definition) is 1. The Morgan fingerprint density at radius 1 is 1.50 bits per heavy atom. The predicted octanol–water partition coefficient (Wildman–Crippen LogP) is 2.03. The quantitative estimate of drug-likeness (QED) is 0.680. The number of hydrogen-bond acceptors (Lipinski definition) is 2. The van der Waals surface area contributed by atoms with E-state index in [4.69, 9.17) is 11.0 Å². The molecule has 0 unspecified atom stereocenters. The van der Waals surface area contributed by atoms with Crippen LogP contribution in [0.1, 0.15) is 35.6 Å². The molecule has 0 radical (unpaired) electrons. The largest absolute Gasteiger partial charge is 0.324 e. The molecule has 0 aliphatic heterocycles. The summed E-state index contributed by atoms with van der Waals surface area (Å²) in [6, 6.07) is 4.82. The molecule has 1 aromatic rings. The van der Waals surface area contributed by atoms with Gasteiger partial charge in [0.05, 0.1) is 5.56 Å². The fourth-order valence-corrected chi connectivity index (χ4v) is 1.95. The Morgan fingerprint density at radius 2 is 2.29 bits per heavy atom. The van der Waals surface area contributed by atoms with E-state index in [0.29, 0.717) is 0 Å². The number of halogens is 1. The maximum Gasteiger partial charge on any atom is 0.141 e. The number of aryl methyl sites for hydroxylation is 1. The van der Waals surface area contributed by atoms with E-state index in [0.717, 1.165) is 30.4 Å². The van der Waals surface area contributed by atoms with Gasteiger partial charge in [0.25, 0.3) is 0 Å². The lowest BCUT2D eigenvalue weighted by Gasteiger charge is -2.22. The van der Waals surface area contributed by atoms with Crippen molar-refractivity contribution in [2.24, 2.45) is 5.73 Å². The number of nitrogens with zero attached hydrogens (tertiary/aromatic N) is 1. The van der Waals surface area contributed by atoms with Crippen molar-refractivity contribution >= 4 is 0 Å². The molecule has 0 amide bonds. The summed E-state index contributed by atoms with van der Waals surface area (Å²) >= 11 is 0. The fraction of sp³-hybridized carbons (Fsp3) is 0.364. The van der Waals surface area contributed by atoms with Crippen molar-refractivity contribution in [1.82, 2.24) is 0 Å². The summed E-state index contributed by atoms with van der Waals surface area (Å²) in [4.78, 5) is 0. The molecule has 2 nitrogen and oxygen atoms in total. The van der Waals surface area contributed by atoms with Crippen LogP contribution in [-0.2, 0) is 6.42 Å². The lowest BCUT2D eigenvalue weighted by molar-refractivity contribution is 0.556. The highest BCUT2D eigenvalue weighted by Gasteiger charge is 2.19. The van der Waals surface area contributed by atoms with Crippen molar-refractivity contribution in [3.8, 4) is 6.07 Å². The van der Waals surface area contributed by atoms with Crippen molar-refractivity contribution in [2.75, 3.05) is 0 Å². The SMILES string of the molecule is N#Cc1cc2c(cc1F)[C@H](N)CCC2. The van der Waals surface area contributed by atoms with Crippen LogP contribution in [0.25, 0.3) is 0 Å². The van der Waals surface area contributed by atoms with Crippen molar-refractivity contribution in [2.45, 2.75) is 25.3 Å². The molecule has 0 fully saturated rings. The van der Waals surface area contributed by atoms with Gasteiger partial charge < -0.3 is 5.73 Å². The number of rotatable bonds is 0. The highest BCUT2D eigenvalue weighted by Crippen LogP contribution is 2.29. The van der Waals surface area contributed by atoms with Gasteiger partial charge in [0, 0.05) is 6.04 Å². The average molecular weight is 190 g/mol. The Bertz CT molecular complexity index is 406. The van der Waals surface area contributed by atoms with E-state index < -0.39 is 5.82 Å². The smallest absolute Gasteiger partial charge is 0.141 e. The number of fused-ring (bicyclic) bond motifs is 1. The fourth-order valence-electron chi connectivity index (χ4n) is 1.95. The maximum atomic E-state index is 13.3. The molecule has 72 valence electrons. The molecule has 0 aromatic heterocycles. The lowest BCUT2D eigenvalue weighted by atomic mass is 9.87. The second kappa shape index (κ2) is 3.39. The molecular weight excluding hydrogens is 179 g/mol. The molecule has 1 aromatic carbocycles. The van der Waals surface area contributed by atoms with Crippen LogP contribution >= 0.6 is 0 Å². The first kappa shape index (κ1) is 9.17. The van der Waals surface area contributed by atoms with Crippen LogP contribution in [0.2, 0.25) is 0 Å². The summed E-state index contributed by atoms with van der Waals surface area (Å²) in [6.07, 6.45) is 2.82. The molecule has 1 atom stereocenters. The summed E-state index contributed by atoms with van der Waals surface area (Å²) in [5, 5.41) is 8.66. The van der Waals surface area contributed by atoms with Crippen LogP contribution in [-0.4, -0.2) is 0 Å². The molecule has 0 heterocycles. The second-order valence-corrected chi connectivity index (χ2v) is 3.64. The molecular formula is C11H11FN2. The van der Waals surface area contributed by atoms with Gasteiger partial charge in [-0.1, -0.05) is 0 Å². The third-order valence-corrected chi connectivity index (χ3v) is 2.71. The van der Waals surface area contributed by atoms with Crippen LogP contribution in [0.4, 0.5) is 4.39 Å². The summed E-state index contributed by atoms with van der Waals surface area (Å²) in [5.41, 5.74) is 7.88. The minimum atomic E-state index is -0.455. The molecule has 0 spiro atoms. The summed E-state index contributed by atoms with van der Waals surface area (Å²) in [5.74, 6) is -0.455. The van der Waals surface area contributed by atoms with Gasteiger partial charge in [0.2, 0.25) is 0 Å². The third kappa shape index (κ3) is 1.38. The zero-order valence-corrected chi connectivity index (χ0v) is 7.76.